The zero-order valence-electron chi connectivity index (χ0n) is 17.8. The van der Waals surface area contributed by atoms with Gasteiger partial charge in [-0.3, -0.25) is 4.55 Å². The van der Waals surface area contributed by atoms with E-state index in [2.05, 4.69) is 37.0 Å². The number of rotatable bonds is 17. The number of nitrogens with zero attached hydrogens (tertiary/aromatic N) is 1. The summed E-state index contributed by atoms with van der Waals surface area (Å²) in [5, 5.41) is 0. The summed E-state index contributed by atoms with van der Waals surface area (Å²) >= 11 is 0. The summed E-state index contributed by atoms with van der Waals surface area (Å²) in [6, 6.07) is 0. The average molecular weight is 396 g/mol. The van der Waals surface area contributed by atoms with E-state index in [0.29, 0.717) is 6.42 Å². The molecule has 6 heteroatoms. The molecule has 0 aliphatic heterocycles. The van der Waals surface area contributed by atoms with Gasteiger partial charge in [0.25, 0.3) is 0 Å². The molecule has 0 unspecified atom stereocenters. The second kappa shape index (κ2) is 21.1. The lowest BCUT2D eigenvalue weighted by Gasteiger charge is -2.08. The highest BCUT2D eigenvalue weighted by molar-refractivity contribution is 7.80. The van der Waals surface area contributed by atoms with Crippen molar-refractivity contribution in [3.05, 3.63) is 0 Å². The quantitative estimate of drug-likeness (QED) is 0.247. The normalized spacial score (nSPS) is 11.5. The zero-order valence-corrected chi connectivity index (χ0v) is 18.7. The minimum Gasteiger partial charge on any atom is -0.309 e. The van der Waals surface area contributed by atoms with Crippen molar-refractivity contribution in [2.45, 2.75) is 104 Å². The molecule has 26 heavy (non-hydrogen) atoms. The summed E-state index contributed by atoms with van der Waals surface area (Å²) in [6.45, 7) is 5.80. The summed E-state index contributed by atoms with van der Waals surface area (Å²) in [6.07, 6.45) is 17.5. The molecule has 0 heterocycles. The van der Waals surface area contributed by atoms with Gasteiger partial charge in [-0.25, -0.2) is 4.18 Å². The van der Waals surface area contributed by atoms with E-state index in [1.54, 1.807) is 0 Å². The second-order valence-corrected chi connectivity index (χ2v) is 8.39. The predicted molar refractivity (Wildman–Crippen MR) is 112 cm³/mol. The minimum atomic E-state index is -4.23. The molecule has 0 atom stereocenters. The van der Waals surface area contributed by atoms with Crippen molar-refractivity contribution < 1.29 is 17.2 Å². The molecule has 0 spiro atoms. The smallest absolute Gasteiger partial charge is 0.309 e. The first kappa shape index (κ1) is 28.0. The highest BCUT2D eigenvalue weighted by Crippen LogP contribution is 2.08. The Bertz CT molecular complexity index is 359. The maximum Gasteiger partial charge on any atom is 0.397 e. The fourth-order valence-corrected chi connectivity index (χ4v) is 2.94. The van der Waals surface area contributed by atoms with Crippen LogP contribution in [0, 0.1) is 0 Å². The highest BCUT2D eigenvalue weighted by atomic mass is 32.3. The summed E-state index contributed by atoms with van der Waals surface area (Å²) in [4.78, 5) is 2.26. The van der Waals surface area contributed by atoms with Gasteiger partial charge in [0, 0.05) is 0 Å². The monoisotopic (exact) mass is 395 g/mol. The van der Waals surface area contributed by atoms with Crippen molar-refractivity contribution >= 4 is 10.4 Å². The van der Waals surface area contributed by atoms with Crippen molar-refractivity contribution in [3.63, 3.8) is 0 Å². The first-order chi connectivity index (χ1) is 12.3. The summed E-state index contributed by atoms with van der Waals surface area (Å²) in [7, 11) is 0.0609. The van der Waals surface area contributed by atoms with E-state index in [-0.39, 0.29) is 6.61 Å². The molecule has 0 saturated carbocycles. The third kappa shape index (κ3) is 31.6. The van der Waals surface area contributed by atoms with Crippen LogP contribution in [0.2, 0.25) is 0 Å². The molecule has 0 fully saturated rings. The molecular formula is C20H45NO4S. The SMILES string of the molecule is CCCCCCCCCCOS(=O)(=O)O.CCCCCCCCN(C)C. The van der Waals surface area contributed by atoms with E-state index < -0.39 is 10.4 Å². The number of hydrogen-bond donors (Lipinski definition) is 1. The molecular weight excluding hydrogens is 350 g/mol. The fourth-order valence-electron chi connectivity index (χ4n) is 2.61. The Kier molecular flexibility index (Phi) is 22.8. The van der Waals surface area contributed by atoms with Gasteiger partial charge in [-0.15, -0.1) is 0 Å². The van der Waals surface area contributed by atoms with E-state index in [1.165, 1.54) is 77.2 Å². The number of hydrogen-bond acceptors (Lipinski definition) is 4. The van der Waals surface area contributed by atoms with Gasteiger partial charge in [-0.1, -0.05) is 90.9 Å². The third-order valence-electron chi connectivity index (χ3n) is 4.19. The highest BCUT2D eigenvalue weighted by Gasteiger charge is 2.02. The topological polar surface area (TPSA) is 66.8 Å². The molecule has 1 N–H and O–H groups in total. The Morgan fingerprint density at radius 2 is 1.08 bits per heavy atom. The van der Waals surface area contributed by atoms with Gasteiger partial charge in [0.15, 0.2) is 0 Å². The van der Waals surface area contributed by atoms with Crippen LogP contribution in [0.1, 0.15) is 104 Å². The summed E-state index contributed by atoms with van der Waals surface area (Å²) in [5.74, 6) is 0. The number of unbranched alkanes of at least 4 members (excludes halogenated alkanes) is 12. The van der Waals surface area contributed by atoms with Crippen LogP contribution in [0.3, 0.4) is 0 Å². The van der Waals surface area contributed by atoms with Gasteiger partial charge in [0.1, 0.15) is 0 Å². The van der Waals surface area contributed by atoms with Gasteiger partial charge in [0.2, 0.25) is 0 Å². The van der Waals surface area contributed by atoms with Gasteiger partial charge in [-0.2, -0.15) is 8.42 Å². The van der Waals surface area contributed by atoms with Gasteiger partial charge in [-0.05, 0) is 33.5 Å². The lowest BCUT2D eigenvalue weighted by molar-refractivity contribution is 0.261. The van der Waals surface area contributed by atoms with E-state index in [1.807, 2.05) is 0 Å². The first-order valence-corrected chi connectivity index (χ1v) is 12.0. The molecule has 0 aromatic rings. The fraction of sp³-hybridized carbons (Fsp3) is 1.00. The molecule has 0 bridgehead atoms. The van der Waals surface area contributed by atoms with E-state index in [4.69, 9.17) is 4.55 Å². The molecule has 5 nitrogen and oxygen atoms in total. The van der Waals surface area contributed by atoms with Crippen LogP contribution in [-0.2, 0) is 14.6 Å². The molecule has 0 aliphatic carbocycles. The van der Waals surface area contributed by atoms with Crippen LogP contribution in [0.4, 0.5) is 0 Å². The Hall–Kier alpha value is -0.170. The van der Waals surface area contributed by atoms with Crippen LogP contribution in [-0.4, -0.2) is 45.1 Å². The van der Waals surface area contributed by atoms with Crippen LogP contribution in [0.5, 0.6) is 0 Å². The van der Waals surface area contributed by atoms with E-state index in [9.17, 15) is 8.42 Å². The van der Waals surface area contributed by atoms with Crippen LogP contribution in [0.25, 0.3) is 0 Å². The molecule has 0 aromatic carbocycles. The molecule has 0 radical (unpaired) electrons. The minimum absolute atomic E-state index is 0.0911. The first-order valence-electron chi connectivity index (χ1n) is 10.6. The Balaban J connectivity index is 0. The maximum atomic E-state index is 10.2. The lowest BCUT2D eigenvalue weighted by atomic mass is 10.1. The molecule has 0 aliphatic rings. The Morgan fingerprint density at radius 1 is 0.692 bits per heavy atom. The van der Waals surface area contributed by atoms with Crippen LogP contribution >= 0.6 is 0 Å². The van der Waals surface area contributed by atoms with Crippen molar-refractivity contribution in [2.24, 2.45) is 0 Å². The third-order valence-corrected chi connectivity index (χ3v) is 4.65. The molecule has 0 saturated heterocycles. The van der Waals surface area contributed by atoms with Crippen LogP contribution < -0.4 is 0 Å². The average Bonchev–Trinajstić information content (AvgIpc) is 2.56. The molecule has 160 valence electrons. The Morgan fingerprint density at radius 3 is 1.46 bits per heavy atom. The molecule has 0 rings (SSSR count). The van der Waals surface area contributed by atoms with E-state index >= 15 is 0 Å². The van der Waals surface area contributed by atoms with Gasteiger partial charge >= 0.3 is 10.4 Å². The Labute approximate surface area is 163 Å². The van der Waals surface area contributed by atoms with Crippen molar-refractivity contribution in [3.8, 4) is 0 Å². The zero-order chi connectivity index (χ0) is 20.1. The van der Waals surface area contributed by atoms with Crippen molar-refractivity contribution in [1.29, 1.82) is 0 Å². The van der Waals surface area contributed by atoms with Crippen LogP contribution in [0.15, 0.2) is 0 Å². The molecule has 0 amide bonds. The second-order valence-electron chi connectivity index (χ2n) is 7.30. The van der Waals surface area contributed by atoms with Gasteiger partial charge in [0.05, 0.1) is 6.61 Å². The maximum absolute atomic E-state index is 10.2. The van der Waals surface area contributed by atoms with E-state index in [0.717, 1.165) is 12.8 Å². The predicted octanol–water partition coefficient (Wildman–Crippen LogP) is 5.86. The molecule has 0 aromatic heterocycles. The van der Waals surface area contributed by atoms with Crippen molar-refractivity contribution in [1.82, 2.24) is 4.90 Å². The summed E-state index contributed by atoms with van der Waals surface area (Å²) in [5.41, 5.74) is 0. The lowest BCUT2D eigenvalue weighted by Crippen LogP contribution is -2.12. The largest absolute Gasteiger partial charge is 0.397 e. The summed E-state index contributed by atoms with van der Waals surface area (Å²) < 4.78 is 32.8. The van der Waals surface area contributed by atoms with Crippen molar-refractivity contribution in [2.75, 3.05) is 27.2 Å². The van der Waals surface area contributed by atoms with Gasteiger partial charge < -0.3 is 4.90 Å². The standard InChI is InChI=1S/C10H23N.C10H22O4S/c1-4-5-6-7-8-9-10-11(2)3;1-2-3-4-5-6-7-8-9-10-14-15(11,12)13/h4-10H2,1-3H3;2-10H2,1H3,(H,11,12,13).